The summed E-state index contributed by atoms with van der Waals surface area (Å²) >= 11 is 0. The van der Waals surface area contributed by atoms with Gasteiger partial charge in [0.05, 0.1) is 0 Å². The molecule has 1 saturated carbocycles. The molecular formula is C23H26N3O2. The van der Waals surface area contributed by atoms with Gasteiger partial charge in [0.25, 0.3) is 5.91 Å². The number of hydrogen-bond acceptors (Lipinski definition) is 3. The van der Waals surface area contributed by atoms with Crippen LogP contribution in [0.15, 0.2) is 42.5 Å². The molecule has 1 aliphatic heterocycles. The fraction of sp³-hybridized carbons (Fsp3) is 0.391. The highest BCUT2D eigenvalue weighted by molar-refractivity contribution is 6.04. The van der Waals surface area contributed by atoms with E-state index in [0.717, 1.165) is 12.1 Å². The lowest BCUT2D eigenvalue weighted by atomic mass is 9.91. The number of benzene rings is 2. The lowest BCUT2D eigenvalue weighted by Crippen LogP contribution is -2.35. The van der Waals surface area contributed by atoms with E-state index in [1.807, 2.05) is 0 Å². The normalized spacial score (nSPS) is 19.8. The number of hydrogen-bond donors (Lipinski definition) is 1. The summed E-state index contributed by atoms with van der Waals surface area (Å²) in [6.45, 7) is 1.44. The zero-order valence-corrected chi connectivity index (χ0v) is 16.4. The Hall–Kier alpha value is -2.66. The first-order valence-electron chi connectivity index (χ1n) is 9.76. The molecule has 1 radical (unpaired) electrons. The predicted octanol–water partition coefficient (Wildman–Crippen LogP) is 2.65. The molecule has 0 saturated heterocycles. The molecule has 2 amide bonds. The Morgan fingerprint density at radius 1 is 1.25 bits per heavy atom. The number of amides is 2. The van der Waals surface area contributed by atoms with E-state index in [2.05, 4.69) is 49.3 Å². The minimum atomic E-state index is -0.752. The Morgan fingerprint density at radius 3 is 2.57 bits per heavy atom. The van der Waals surface area contributed by atoms with E-state index in [9.17, 15) is 9.59 Å². The van der Waals surface area contributed by atoms with Crippen molar-refractivity contribution in [2.45, 2.75) is 37.3 Å². The van der Waals surface area contributed by atoms with Gasteiger partial charge in [0.15, 0.2) is 0 Å². The summed E-state index contributed by atoms with van der Waals surface area (Å²) in [4.78, 5) is 28.6. The fourth-order valence-corrected chi connectivity index (χ4v) is 4.18. The minimum absolute atomic E-state index is 0.163. The summed E-state index contributed by atoms with van der Waals surface area (Å²) in [5.41, 5.74) is 9.39. The molecule has 1 aliphatic carbocycles. The summed E-state index contributed by atoms with van der Waals surface area (Å²) in [7, 11) is 4.22. The monoisotopic (exact) mass is 376 g/mol. The standard InChI is InChI=1S/C23H26N3O2/c1-25(2)14-13-23(11-12-23)17-9-7-16(8-10-17)15-26-20(21(24)27)18-5-3-4-6-19(18)22(26)28/h3-4,6-10,20H,11-15H2,1-2H3,(H2,24,27). The quantitative estimate of drug-likeness (QED) is 0.808. The van der Waals surface area contributed by atoms with Crippen LogP contribution >= 0.6 is 0 Å². The second-order valence-electron chi connectivity index (χ2n) is 8.27. The van der Waals surface area contributed by atoms with E-state index >= 15 is 0 Å². The van der Waals surface area contributed by atoms with Crippen LogP contribution in [0, 0.1) is 6.07 Å². The second-order valence-corrected chi connectivity index (χ2v) is 8.27. The van der Waals surface area contributed by atoms with Gasteiger partial charge in [0.1, 0.15) is 6.04 Å². The van der Waals surface area contributed by atoms with E-state index in [-0.39, 0.29) is 5.91 Å². The average Bonchev–Trinajstić information content (AvgIpc) is 3.42. The van der Waals surface area contributed by atoms with E-state index in [1.54, 1.807) is 23.1 Å². The van der Waals surface area contributed by atoms with Crippen molar-refractivity contribution >= 4 is 11.8 Å². The SMILES string of the molecule is CN(C)CCC1(c2ccc(CN3C(=O)c4ccc[c]c4C3C(N)=O)cc2)CC1. The van der Waals surface area contributed by atoms with Crippen molar-refractivity contribution in [2.24, 2.45) is 5.73 Å². The maximum absolute atomic E-state index is 12.8. The van der Waals surface area contributed by atoms with Crippen LogP contribution in [-0.2, 0) is 16.8 Å². The molecule has 1 heterocycles. The van der Waals surface area contributed by atoms with Gasteiger partial charge in [-0.25, -0.2) is 0 Å². The van der Waals surface area contributed by atoms with Crippen LogP contribution in [0.3, 0.4) is 0 Å². The van der Waals surface area contributed by atoms with Crippen LogP contribution in [-0.4, -0.2) is 42.3 Å². The first-order valence-corrected chi connectivity index (χ1v) is 9.76. The topological polar surface area (TPSA) is 66.6 Å². The van der Waals surface area contributed by atoms with Gasteiger partial charge in [-0.2, -0.15) is 0 Å². The number of carbonyl (C=O) groups is 2. The van der Waals surface area contributed by atoms with Crippen molar-refractivity contribution in [1.29, 1.82) is 0 Å². The third-order valence-corrected chi connectivity index (χ3v) is 6.04. The van der Waals surface area contributed by atoms with Crippen molar-refractivity contribution in [1.82, 2.24) is 9.80 Å². The molecule has 0 spiro atoms. The van der Waals surface area contributed by atoms with Crippen molar-refractivity contribution in [2.75, 3.05) is 20.6 Å². The molecule has 2 aliphatic rings. The predicted molar refractivity (Wildman–Crippen MR) is 108 cm³/mol. The van der Waals surface area contributed by atoms with Gasteiger partial charge in [-0.05, 0) is 68.6 Å². The van der Waals surface area contributed by atoms with Gasteiger partial charge in [-0.3, -0.25) is 9.59 Å². The van der Waals surface area contributed by atoms with Gasteiger partial charge >= 0.3 is 0 Å². The Labute approximate surface area is 166 Å². The first-order chi connectivity index (χ1) is 13.4. The highest BCUT2D eigenvalue weighted by Crippen LogP contribution is 2.51. The zero-order valence-electron chi connectivity index (χ0n) is 16.4. The van der Waals surface area contributed by atoms with E-state index < -0.39 is 11.9 Å². The molecule has 5 heteroatoms. The van der Waals surface area contributed by atoms with Crippen LogP contribution in [0.25, 0.3) is 0 Å². The Balaban J connectivity index is 1.52. The molecule has 1 fully saturated rings. The largest absolute Gasteiger partial charge is 0.368 e. The Morgan fingerprint density at radius 2 is 1.96 bits per heavy atom. The van der Waals surface area contributed by atoms with Gasteiger partial charge in [0, 0.05) is 17.7 Å². The molecule has 28 heavy (non-hydrogen) atoms. The summed E-state index contributed by atoms with van der Waals surface area (Å²) in [5, 5.41) is 0. The number of primary amides is 1. The molecule has 5 nitrogen and oxygen atoms in total. The molecule has 0 aromatic heterocycles. The van der Waals surface area contributed by atoms with Crippen molar-refractivity contribution in [3.63, 3.8) is 0 Å². The van der Waals surface area contributed by atoms with Gasteiger partial charge in [0.2, 0.25) is 5.91 Å². The maximum Gasteiger partial charge on any atom is 0.255 e. The average molecular weight is 376 g/mol. The molecule has 0 bridgehead atoms. The number of carbonyl (C=O) groups excluding carboxylic acids is 2. The third kappa shape index (κ3) is 3.31. The van der Waals surface area contributed by atoms with E-state index in [0.29, 0.717) is 23.1 Å². The van der Waals surface area contributed by atoms with Gasteiger partial charge in [-0.1, -0.05) is 36.4 Å². The van der Waals surface area contributed by atoms with Crippen molar-refractivity contribution < 1.29 is 9.59 Å². The fourth-order valence-electron chi connectivity index (χ4n) is 4.18. The number of nitrogens with zero attached hydrogens (tertiary/aromatic N) is 2. The van der Waals surface area contributed by atoms with Crippen LogP contribution < -0.4 is 5.73 Å². The van der Waals surface area contributed by atoms with Gasteiger partial charge in [-0.15, -0.1) is 0 Å². The Bertz CT molecular complexity index is 900. The minimum Gasteiger partial charge on any atom is -0.368 e. The molecular weight excluding hydrogens is 350 g/mol. The summed E-state index contributed by atoms with van der Waals surface area (Å²) in [6.07, 6.45) is 3.64. The summed E-state index contributed by atoms with van der Waals surface area (Å²) in [6, 6.07) is 16.0. The van der Waals surface area contributed by atoms with Gasteiger partial charge < -0.3 is 15.5 Å². The van der Waals surface area contributed by atoms with Crippen LogP contribution in [0.2, 0.25) is 0 Å². The maximum atomic E-state index is 12.8. The van der Waals surface area contributed by atoms with Crippen LogP contribution in [0.5, 0.6) is 0 Å². The lowest BCUT2D eigenvalue weighted by molar-refractivity contribution is -0.122. The van der Waals surface area contributed by atoms with Crippen molar-refractivity contribution in [3.8, 4) is 0 Å². The molecule has 1 unspecified atom stereocenters. The highest BCUT2D eigenvalue weighted by atomic mass is 16.2. The number of rotatable bonds is 7. The lowest BCUT2D eigenvalue weighted by Gasteiger charge is -2.23. The number of fused-ring (bicyclic) bond motifs is 1. The summed E-state index contributed by atoms with van der Waals surface area (Å²) in [5.74, 6) is -0.684. The molecule has 4 rings (SSSR count). The first kappa shape index (κ1) is 18.7. The third-order valence-electron chi connectivity index (χ3n) is 6.04. The molecule has 1 atom stereocenters. The van der Waals surface area contributed by atoms with Crippen LogP contribution in [0.4, 0.5) is 0 Å². The molecule has 2 aromatic rings. The smallest absolute Gasteiger partial charge is 0.255 e. The van der Waals surface area contributed by atoms with Crippen LogP contribution in [0.1, 0.15) is 52.4 Å². The number of nitrogens with two attached hydrogens (primary N) is 1. The van der Waals surface area contributed by atoms with Crippen molar-refractivity contribution in [3.05, 3.63) is 70.8 Å². The summed E-state index contributed by atoms with van der Waals surface area (Å²) < 4.78 is 0. The molecule has 2 N–H and O–H groups in total. The Kier molecular flexibility index (Phi) is 4.71. The van der Waals surface area contributed by atoms with E-state index in [4.69, 9.17) is 5.73 Å². The van der Waals surface area contributed by atoms with E-state index in [1.165, 1.54) is 24.8 Å². The molecule has 145 valence electrons. The highest BCUT2D eigenvalue weighted by Gasteiger charge is 2.44. The molecule has 2 aromatic carbocycles. The second kappa shape index (κ2) is 7.06. The zero-order chi connectivity index (χ0) is 19.9.